The molecule has 5 nitrogen and oxygen atoms in total. The molecule has 0 aliphatic carbocycles. The summed E-state index contributed by atoms with van der Waals surface area (Å²) in [6.45, 7) is 13.7. The maximum atomic E-state index is 13.5. The van der Waals surface area contributed by atoms with Crippen LogP contribution in [0.3, 0.4) is 0 Å². The minimum atomic E-state index is -0.753. The van der Waals surface area contributed by atoms with E-state index < -0.39 is 17.5 Å². The van der Waals surface area contributed by atoms with Crippen molar-refractivity contribution in [1.82, 2.24) is 5.32 Å². The van der Waals surface area contributed by atoms with E-state index in [4.69, 9.17) is 4.74 Å². The zero-order chi connectivity index (χ0) is 22.0. The molecule has 0 saturated carbocycles. The van der Waals surface area contributed by atoms with Crippen LogP contribution in [-0.4, -0.2) is 25.2 Å². The van der Waals surface area contributed by atoms with Gasteiger partial charge in [-0.1, -0.05) is 34.1 Å². The van der Waals surface area contributed by atoms with Gasteiger partial charge in [0.2, 0.25) is 5.76 Å². The van der Waals surface area contributed by atoms with Gasteiger partial charge < -0.3 is 20.7 Å². The predicted octanol–water partition coefficient (Wildman–Crippen LogP) is 3.89. The van der Waals surface area contributed by atoms with E-state index in [1.165, 1.54) is 0 Å². The van der Waals surface area contributed by atoms with E-state index in [0.717, 1.165) is 37.6 Å². The number of hydrogen-bond donors (Lipinski definition) is 3. The molecule has 0 saturated heterocycles. The Morgan fingerprint density at radius 2 is 1.79 bits per heavy atom. The Balaban J connectivity index is 3.24. The van der Waals surface area contributed by atoms with Gasteiger partial charge in [-0.05, 0) is 38.8 Å². The summed E-state index contributed by atoms with van der Waals surface area (Å²) in [7, 11) is 0. The second-order valence-electron chi connectivity index (χ2n) is 7.85. The Kier molecular flexibility index (Phi) is 10.1. The monoisotopic (exact) mass is 412 g/mol. The smallest absolute Gasteiger partial charge is 0.292 e. The first kappa shape index (κ1) is 24.9. The molecule has 164 valence electrons. The van der Waals surface area contributed by atoms with Gasteiger partial charge >= 0.3 is 0 Å². The summed E-state index contributed by atoms with van der Waals surface area (Å²) in [5.74, 6) is -1.87. The van der Waals surface area contributed by atoms with Gasteiger partial charge in [0.1, 0.15) is 24.4 Å². The molecule has 0 fully saturated rings. The maximum absolute atomic E-state index is 13.5. The minimum Gasteiger partial charge on any atom is -0.483 e. The molecular formula is C22H36F2N3O2+. The van der Waals surface area contributed by atoms with Crippen LogP contribution < -0.4 is 16.0 Å². The lowest BCUT2D eigenvalue weighted by Gasteiger charge is -2.32. The van der Waals surface area contributed by atoms with E-state index in [9.17, 15) is 13.6 Å². The second kappa shape index (κ2) is 11.8. The molecule has 0 aliphatic rings. The molecule has 1 rings (SSSR count). The quantitative estimate of drug-likeness (QED) is 0.211. The van der Waals surface area contributed by atoms with Crippen molar-refractivity contribution in [2.24, 2.45) is 5.41 Å². The third kappa shape index (κ3) is 8.01. The zero-order valence-corrected chi connectivity index (χ0v) is 18.5. The lowest BCUT2D eigenvalue weighted by molar-refractivity contribution is -0.655. The van der Waals surface area contributed by atoms with Crippen LogP contribution in [0.5, 0.6) is 0 Å². The molecule has 1 aromatic carbocycles. The van der Waals surface area contributed by atoms with E-state index in [2.05, 4.69) is 36.7 Å². The van der Waals surface area contributed by atoms with E-state index in [-0.39, 0.29) is 23.0 Å². The molecular weight excluding hydrogens is 376 g/mol. The summed E-state index contributed by atoms with van der Waals surface area (Å²) >= 11 is 0. The van der Waals surface area contributed by atoms with Crippen molar-refractivity contribution >= 4 is 11.6 Å². The molecule has 29 heavy (non-hydrogen) atoms. The van der Waals surface area contributed by atoms with Crippen LogP contribution >= 0.6 is 0 Å². The number of ether oxygens (including phenoxy) is 1. The van der Waals surface area contributed by atoms with Crippen LogP contribution in [0.25, 0.3) is 0 Å². The predicted molar refractivity (Wildman–Crippen MR) is 112 cm³/mol. The Bertz CT molecular complexity index is 685. The molecule has 1 amide bonds. The van der Waals surface area contributed by atoms with Gasteiger partial charge in [-0.25, -0.2) is 8.78 Å². The maximum Gasteiger partial charge on any atom is 0.292 e. The highest BCUT2D eigenvalue weighted by Gasteiger charge is 2.29. The van der Waals surface area contributed by atoms with Crippen molar-refractivity contribution in [2.45, 2.75) is 66.9 Å². The number of rotatable bonds is 12. The number of amides is 1. The van der Waals surface area contributed by atoms with Gasteiger partial charge in [0.25, 0.3) is 5.91 Å². The number of benzene rings is 1. The fraction of sp³-hybridized carbons (Fsp3) is 0.591. The minimum absolute atomic E-state index is 0.0481. The summed E-state index contributed by atoms with van der Waals surface area (Å²) in [5.41, 5.74) is 0.584. The van der Waals surface area contributed by atoms with Crippen molar-refractivity contribution < 1.29 is 23.6 Å². The zero-order valence-electron chi connectivity index (χ0n) is 18.5. The SMILES string of the molecule is CCCC(NC[NH2+]CC)=C(OC(C)C(C)(C)CC)C(=O)Nc1cc(F)cc(F)c1. The fourth-order valence-electron chi connectivity index (χ4n) is 2.57. The molecule has 0 aliphatic heterocycles. The van der Waals surface area contributed by atoms with Crippen LogP contribution in [0.1, 0.15) is 60.8 Å². The lowest BCUT2D eigenvalue weighted by atomic mass is 9.84. The number of carbonyl (C=O) groups is 1. The lowest BCUT2D eigenvalue weighted by Crippen LogP contribution is -2.86. The van der Waals surface area contributed by atoms with E-state index in [1.54, 1.807) is 0 Å². The van der Waals surface area contributed by atoms with Gasteiger partial charge in [-0.15, -0.1) is 0 Å². The first-order chi connectivity index (χ1) is 13.6. The molecule has 0 radical (unpaired) electrons. The first-order valence-corrected chi connectivity index (χ1v) is 10.4. The van der Waals surface area contributed by atoms with E-state index >= 15 is 0 Å². The Morgan fingerprint density at radius 1 is 1.17 bits per heavy atom. The normalized spacial score (nSPS) is 13.5. The fourth-order valence-corrected chi connectivity index (χ4v) is 2.57. The van der Waals surface area contributed by atoms with Gasteiger partial charge in [-0.3, -0.25) is 4.79 Å². The van der Waals surface area contributed by atoms with Crippen molar-refractivity contribution in [2.75, 3.05) is 18.5 Å². The van der Waals surface area contributed by atoms with E-state index in [1.807, 2.05) is 20.8 Å². The van der Waals surface area contributed by atoms with Crippen LogP contribution in [0.2, 0.25) is 0 Å². The summed E-state index contributed by atoms with van der Waals surface area (Å²) in [6.07, 6.45) is 2.07. The molecule has 1 aromatic rings. The van der Waals surface area contributed by atoms with Crippen LogP contribution in [-0.2, 0) is 9.53 Å². The molecule has 0 aromatic heterocycles. The summed E-state index contributed by atoms with van der Waals surface area (Å²) in [6, 6.07) is 2.92. The van der Waals surface area contributed by atoms with Gasteiger partial charge in [0, 0.05) is 17.2 Å². The average molecular weight is 413 g/mol. The Hall–Kier alpha value is -2.15. The molecule has 0 spiro atoms. The van der Waals surface area contributed by atoms with Crippen molar-refractivity contribution in [3.63, 3.8) is 0 Å². The number of quaternary nitrogens is 1. The van der Waals surface area contributed by atoms with Gasteiger partial charge in [0.05, 0.1) is 12.2 Å². The largest absolute Gasteiger partial charge is 0.483 e. The highest BCUT2D eigenvalue weighted by Crippen LogP contribution is 2.29. The number of nitrogens with two attached hydrogens (primary N) is 1. The summed E-state index contributed by atoms with van der Waals surface area (Å²) in [4.78, 5) is 13.0. The van der Waals surface area contributed by atoms with Gasteiger partial charge in [-0.2, -0.15) is 0 Å². The van der Waals surface area contributed by atoms with Crippen molar-refractivity contribution in [3.8, 4) is 0 Å². The number of hydrogen-bond acceptors (Lipinski definition) is 3. The second-order valence-corrected chi connectivity index (χ2v) is 7.85. The number of halogens is 2. The molecule has 0 bridgehead atoms. The number of nitrogens with one attached hydrogen (secondary N) is 2. The highest BCUT2D eigenvalue weighted by molar-refractivity contribution is 6.02. The molecule has 1 atom stereocenters. The third-order valence-corrected chi connectivity index (χ3v) is 5.16. The topological polar surface area (TPSA) is 67.0 Å². The van der Waals surface area contributed by atoms with Crippen molar-refractivity contribution in [1.29, 1.82) is 0 Å². The Labute approximate surface area is 173 Å². The summed E-state index contributed by atoms with van der Waals surface area (Å²) in [5, 5.41) is 7.91. The number of anilines is 1. The van der Waals surface area contributed by atoms with Crippen LogP contribution in [0.15, 0.2) is 29.7 Å². The average Bonchev–Trinajstić information content (AvgIpc) is 2.64. The van der Waals surface area contributed by atoms with Crippen molar-refractivity contribution in [3.05, 3.63) is 41.3 Å². The standard InChI is InChI=1S/C22H35F2N3O2/c1-7-10-19(26-14-25-9-3)20(29-15(4)22(5,6)8-2)21(28)27-18-12-16(23)11-17(24)13-18/h11-13,15,25-26H,7-10,14H2,1-6H3,(H,27,28)/p+1. The number of carbonyl (C=O) groups excluding carboxylic acids is 1. The van der Waals surface area contributed by atoms with Gasteiger partial charge in [0.15, 0.2) is 0 Å². The molecule has 0 heterocycles. The first-order valence-electron chi connectivity index (χ1n) is 10.4. The van der Waals surface area contributed by atoms with E-state index in [0.29, 0.717) is 18.8 Å². The molecule has 4 N–H and O–H groups in total. The van der Waals surface area contributed by atoms with Crippen LogP contribution in [0.4, 0.5) is 14.5 Å². The third-order valence-electron chi connectivity index (χ3n) is 5.16. The van der Waals surface area contributed by atoms with Crippen LogP contribution in [0, 0.1) is 17.0 Å². The Morgan fingerprint density at radius 3 is 2.31 bits per heavy atom. The summed E-state index contributed by atoms with van der Waals surface area (Å²) < 4.78 is 33.2. The number of allylic oxidation sites excluding steroid dienone is 1. The highest BCUT2D eigenvalue weighted by atomic mass is 19.1. The molecule has 1 unspecified atom stereocenters. The molecule has 7 heteroatoms.